The lowest BCUT2D eigenvalue weighted by Crippen LogP contribution is -2.51. The van der Waals surface area contributed by atoms with Crippen LogP contribution in [0.15, 0.2) is 57.9 Å². The van der Waals surface area contributed by atoms with Gasteiger partial charge in [0.2, 0.25) is 10.0 Å². The molecule has 230 valence electrons. The third kappa shape index (κ3) is 7.17. The molecule has 3 heterocycles. The molecule has 5 atom stereocenters. The van der Waals surface area contributed by atoms with Crippen molar-refractivity contribution < 1.29 is 37.1 Å². The third-order valence-electron chi connectivity index (χ3n) is 7.67. The second-order valence-corrected chi connectivity index (χ2v) is 13.3. The van der Waals surface area contributed by atoms with E-state index in [9.17, 15) is 18.3 Å². The number of alkyl carbamates (subject to hydrolysis) is 1. The molecule has 0 bridgehead atoms. The number of hydrogen-bond acceptors (Lipinski definition) is 10. The van der Waals surface area contributed by atoms with E-state index in [1.54, 1.807) is 0 Å². The number of nitriles is 1. The van der Waals surface area contributed by atoms with Crippen LogP contribution < -0.4 is 5.32 Å². The maximum Gasteiger partial charge on any atom is 0.407 e. The topological polar surface area (TPSA) is 164 Å². The van der Waals surface area contributed by atoms with Gasteiger partial charge >= 0.3 is 6.09 Å². The zero-order valence-corrected chi connectivity index (χ0v) is 24.9. The largest absolute Gasteiger partial charge is 0.443 e. The lowest BCUT2D eigenvalue weighted by Gasteiger charge is -2.31. The summed E-state index contributed by atoms with van der Waals surface area (Å²) in [6, 6.07) is 14.8. The molecule has 12 nitrogen and oxygen atoms in total. The highest BCUT2D eigenvalue weighted by Crippen LogP contribution is 2.33. The Morgan fingerprint density at radius 2 is 2.00 bits per heavy atom. The fraction of sp³-hybridized carbons (Fsp3) is 0.500. The minimum absolute atomic E-state index is 0.0169. The number of hydrogen-bond donors (Lipinski definition) is 2. The van der Waals surface area contributed by atoms with E-state index in [0.717, 1.165) is 12.0 Å². The minimum atomic E-state index is -4.11. The molecule has 2 aliphatic heterocycles. The second-order valence-electron chi connectivity index (χ2n) is 11.3. The van der Waals surface area contributed by atoms with Gasteiger partial charge in [-0.1, -0.05) is 49.3 Å². The number of sulfonamides is 1. The van der Waals surface area contributed by atoms with Crippen LogP contribution in [0, 0.1) is 23.2 Å². The van der Waals surface area contributed by atoms with Crippen molar-refractivity contribution in [1.29, 1.82) is 5.26 Å². The Balaban J connectivity index is 1.36. The van der Waals surface area contributed by atoms with Crippen molar-refractivity contribution in [2.24, 2.45) is 11.8 Å². The summed E-state index contributed by atoms with van der Waals surface area (Å²) < 4.78 is 51.1. The molecule has 2 aromatic carbocycles. The molecule has 0 radical (unpaired) electrons. The molecule has 1 aromatic heterocycles. The number of ether oxygens (including phenoxy) is 3. The molecular weight excluding hydrogens is 576 g/mol. The number of rotatable bonds is 12. The molecule has 2 saturated heterocycles. The number of aromatic nitrogens is 1. The zero-order chi connectivity index (χ0) is 30.6. The molecule has 0 spiro atoms. The number of carbonyl (C=O) groups is 1. The van der Waals surface area contributed by atoms with Crippen LogP contribution in [0.3, 0.4) is 0 Å². The maximum absolute atomic E-state index is 13.9. The van der Waals surface area contributed by atoms with E-state index in [-0.39, 0.29) is 55.6 Å². The minimum Gasteiger partial charge on any atom is -0.443 e. The summed E-state index contributed by atoms with van der Waals surface area (Å²) in [5, 5.41) is 27.7. The number of aliphatic hydroxyl groups is 1. The predicted octanol–water partition coefficient (Wildman–Crippen LogP) is 3.00. The maximum atomic E-state index is 13.9. The highest BCUT2D eigenvalue weighted by Gasteiger charge is 2.44. The molecular formula is C30H36N4O8S. The standard InChI is InChI=1S/C30H36N4O8S/c1-19(2)16-34(43(37,38)21-8-9-27-23(15-21)24(10-12-31)33-42-27)17-26(35)25(14-20-6-4-3-5-7-20)32-30(36)41-28-18-40-29-22(28)11-13-39-29/h3-9,15,19,22,25-26,28-29,35H,10-11,13-14,16-18H2,1-2H3,(H,32,36)/t22-,25-,26+,28?,29+/m0/s1. The van der Waals surface area contributed by atoms with Crippen molar-refractivity contribution in [2.45, 2.75) is 62.5 Å². The Morgan fingerprint density at radius 1 is 1.21 bits per heavy atom. The van der Waals surface area contributed by atoms with Crippen molar-refractivity contribution in [2.75, 3.05) is 26.3 Å². The summed E-state index contributed by atoms with van der Waals surface area (Å²) in [5.41, 5.74) is 1.56. The molecule has 43 heavy (non-hydrogen) atoms. The van der Waals surface area contributed by atoms with E-state index in [1.165, 1.54) is 22.5 Å². The molecule has 1 unspecified atom stereocenters. The number of benzene rings is 2. The van der Waals surface area contributed by atoms with E-state index in [4.69, 9.17) is 24.0 Å². The Kier molecular flexibility index (Phi) is 9.63. The summed E-state index contributed by atoms with van der Waals surface area (Å²) >= 11 is 0. The van der Waals surface area contributed by atoms with Gasteiger partial charge < -0.3 is 29.2 Å². The van der Waals surface area contributed by atoms with Crippen LogP contribution in [0.2, 0.25) is 0 Å². The quantitative estimate of drug-likeness (QED) is 0.311. The highest BCUT2D eigenvalue weighted by atomic mass is 32.2. The molecule has 3 aromatic rings. The average molecular weight is 613 g/mol. The van der Waals surface area contributed by atoms with Crippen molar-refractivity contribution in [3.8, 4) is 6.07 Å². The summed E-state index contributed by atoms with van der Waals surface area (Å²) in [5.74, 6) is -0.115. The van der Waals surface area contributed by atoms with Gasteiger partial charge in [-0.05, 0) is 42.5 Å². The van der Waals surface area contributed by atoms with E-state index in [0.29, 0.717) is 23.3 Å². The van der Waals surface area contributed by atoms with E-state index < -0.39 is 34.4 Å². The smallest absolute Gasteiger partial charge is 0.407 e. The summed E-state index contributed by atoms with van der Waals surface area (Å²) in [7, 11) is -4.11. The van der Waals surface area contributed by atoms with Gasteiger partial charge in [0.05, 0.1) is 48.7 Å². The van der Waals surface area contributed by atoms with E-state index in [1.807, 2.05) is 50.2 Å². The first kappa shape index (κ1) is 30.9. The summed E-state index contributed by atoms with van der Waals surface area (Å²) in [4.78, 5) is 13.0. The number of amides is 1. The van der Waals surface area contributed by atoms with E-state index in [2.05, 4.69) is 10.5 Å². The predicted molar refractivity (Wildman–Crippen MR) is 154 cm³/mol. The van der Waals surface area contributed by atoms with Crippen molar-refractivity contribution in [3.63, 3.8) is 0 Å². The summed E-state index contributed by atoms with van der Waals surface area (Å²) in [6.07, 6.45) is -1.93. The van der Waals surface area contributed by atoms with Crippen LogP contribution in [0.4, 0.5) is 4.79 Å². The third-order valence-corrected chi connectivity index (χ3v) is 9.50. The fourth-order valence-electron chi connectivity index (χ4n) is 5.52. The van der Waals surface area contributed by atoms with Gasteiger partial charge in [0, 0.05) is 18.5 Å². The first-order chi connectivity index (χ1) is 20.7. The lowest BCUT2D eigenvalue weighted by molar-refractivity contribution is -0.0907. The number of fused-ring (bicyclic) bond motifs is 2. The molecule has 2 fully saturated rings. The van der Waals surface area contributed by atoms with Crippen LogP contribution in [0.5, 0.6) is 0 Å². The monoisotopic (exact) mass is 612 g/mol. The summed E-state index contributed by atoms with van der Waals surface area (Å²) in [6.45, 7) is 4.36. The van der Waals surface area contributed by atoms with Gasteiger partial charge in [0.25, 0.3) is 0 Å². The number of nitrogens with zero attached hydrogens (tertiary/aromatic N) is 3. The Hall–Kier alpha value is -3.54. The highest BCUT2D eigenvalue weighted by molar-refractivity contribution is 7.89. The molecule has 0 saturated carbocycles. The van der Waals surface area contributed by atoms with Gasteiger partial charge in [0.1, 0.15) is 11.8 Å². The van der Waals surface area contributed by atoms with Crippen LogP contribution >= 0.6 is 0 Å². The van der Waals surface area contributed by atoms with Crippen molar-refractivity contribution in [3.05, 3.63) is 59.8 Å². The first-order valence-corrected chi connectivity index (χ1v) is 15.8. The van der Waals surface area contributed by atoms with Crippen molar-refractivity contribution in [1.82, 2.24) is 14.8 Å². The lowest BCUT2D eigenvalue weighted by atomic mass is 10.0. The first-order valence-electron chi connectivity index (χ1n) is 14.3. The second kappa shape index (κ2) is 13.4. The zero-order valence-electron chi connectivity index (χ0n) is 24.1. The van der Waals surface area contributed by atoms with Crippen molar-refractivity contribution >= 4 is 27.1 Å². The molecule has 13 heteroatoms. The van der Waals surface area contributed by atoms with Crippen LogP contribution in [-0.2, 0) is 37.1 Å². The van der Waals surface area contributed by atoms with E-state index >= 15 is 0 Å². The average Bonchev–Trinajstić information content (AvgIpc) is 3.70. The van der Waals surface area contributed by atoms with Gasteiger partial charge in [-0.15, -0.1) is 0 Å². The Morgan fingerprint density at radius 3 is 2.74 bits per heavy atom. The van der Waals surface area contributed by atoms with Gasteiger partial charge in [-0.25, -0.2) is 13.2 Å². The number of aliphatic hydroxyl groups excluding tert-OH is 1. The van der Waals surface area contributed by atoms with Gasteiger partial charge in [0.15, 0.2) is 11.9 Å². The number of nitrogens with one attached hydrogen (secondary N) is 1. The molecule has 0 aliphatic carbocycles. The normalized spacial score (nSPS) is 21.5. The Bertz CT molecular complexity index is 1560. The Labute approximate surface area is 250 Å². The fourth-order valence-corrected chi connectivity index (χ4v) is 7.16. The SMILES string of the molecule is CC(C)CN(C[C@@H](O)[C@H](Cc1ccccc1)NC(=O)OC1CO[C@H]2OCC[C@@H]12)S(=O)(=O)c1ccc2onc(CC#N)c2c1. The molecule has 5 rings (SSSR count). The number of carbonyl (C=O) groups excluding carboxylic acids is 1. The van der Waals surface area contributed by atoms with Crippen LogP contribution in [0.25, 0.3) is 11.0 Å². The molecule has 2 N–H and O–H groups in total. The van der Waals surface area contributed by atoms with Gasteiger partial charge in [-0.2, -0.15) is 9.57 Å². The van der Waals surface area contributed by atoms with Gasteiger partial charge in [-0.3, -0.25) is 0 Å². The molecule has 1 amide bonds. The van der Waals surface area contributed by atoms with Crippen LogP contribution in [0.1, 0.15) is 31.5 Å². The van der Waals surface area contributed by atoms with Crippen LogP contribution in [-0.4, -0.2) is 79.9 Å². The molecule has 2 aliphatic rings.